The van der Waals surface area contributed by atoms with Gasteiger partial charge in [-0.25, -0.2) is 14.2 Å². The fourth-order valence-corrected chi connectivity index (χ4v) is 5.26. The zero-order valence-corrected chi connectivity index (χ0v) is 17.9. The van der Waals surface area contributed by atoms with Crippen LogP contribution >= 0.6 is 0 Å². The van der Waals surface area contributed by atoms with Gasteiger partial charge in [0.25, 0.3) is 0 Å². The Morgan fingerprint density at radius 1 is 1.15 bits per heavy atom. The first-order chi connectivity index (χ1) is 15.7. The van der Waals surface area contributed by atoms with Crippen LogP contribution in [0.15, 0.2) is 24.5 Å². The average Bonchev–Trinajstić information content (AvgIpc) is 3.45. The number of urea groups is 1. The fraction of sp³-hybridized carbons (Fsp3) is 0.591. The van der Waals surface area contributed by atoms with Gasteiger partial charge in [-0.05, 0) is 50.3 Å². The van der Waals surface area contributed by atoms with Crippen molar-refractivity contribution in [3.05, 3.63) is 41.7 Å². The number of halogens is 4. The van der Waals surface area contributed by atoms with Crippen molar-refractivity contribution in [3.63, 3.8) is 0 Å². The second-order valence-electron chi connectivity index (χ2n) is 9.40. The number of benzene rings is 1. The Balaban J connectivity index is 1.10. The number of alkyl halides is 3. The molecule has 0 bridgehead atoms. The molecule has 2 saturated heterocycles. The summed E-state index contributed by atoms with van der Waals surface area (Å²) in [5, 5.41) is 6.76. The summed E-state index contributed by atoms with van der Waals surface area (Å²) in [6, 6.07) is 2.41. The van der Waals surface area contributed by atoms with Crippen LogP contribution in [-0.4, -0.2) is 63.3 Å². The summed E-state index contributed by atoms with van der Waals surface area (Å²) < 4.78 is 57.9. The lowest BCUT2D eigenvalue weighted by molar-refractivity contribution is -0.137. The number of ether oxygens (including phenoxy) is 1. The Labute approximate surface area is 188 Å². The Morgan fingerprint density at radius 3 is 2.55 bits per heavy atom. The van der Waals surface area contributed by atoms with Gasteiger partial charge in [-0.2, -0.15) is 18.3 Å². The van der Waals surface area contributed by atoms with Crippen LogP contribution in [0.2, 0.25) is 0 Å². The van der Waals surface area contributed by atoms with E-state index >= 15 is 0 Å². The first-order valence-electron chi connectivity index (χ1n) is 11.1. The molecular weight excluding hydrogens is 442 g/mol. The maximum absolute atomic E-state index is 14.1. The van der Waals surface area contributed by atoms with Gasteiger partial charge in [0.05, 0.1) is 11.7 Å². The summed E-state index contributed by atoms with van der Waals surface area (Å²) in [5.41, 5.74) is -0.975. The summed E-state index contributed by atoms with van der Waals surface area (Å²) >= 11 is 0. The predicted octanol–water partition coefficient (Wildman–Crippen LogP) is 4.20. The number of nitrogens with zero attached hydrogens (tertiary/aromatic N) is 4. The molecule has 1 aliphatic carbocycles. The summed E-state index contributed by atoms with van der Waals surface area (Å²) in [5.74, 6) is -0.150. The van der Waals surface area contributed by atoms with Gasteiger partial charge in [0, 0.05) is 37.5 Å². The minimum Gasteiger partial charge on any atom is -0.487 e. The number of likely N-dealkylation sites (tertiary alicyclic amines) is 2. The molecule has 1 atom stereocenters. The van der Waals surface area contributed by atoms with Gasteiger partial charge in [0.1, 0.15) is 12.2 Å². The van der Waals surface area contributed by atoms with E-state index in [0.717, 1.165) is 37.2 Å². The molecule has 1 saturated carbocycles. The molecule has 1 aromatic heterocycles. The molecule has 5 rings (SSSR count). The van der Waals surface area contributed by atoms with Crippen molar-refractivity contribution in [1.29, 1.82) is 0 Å². The van der Waals surface area contributed by atoms with E-state index in [9.17, 15) is 22.4 Å². The quantitative estimate of drug-likeness (QED) is 0.687. The van der Waals surface area contributed by atoms with Crippen molar-refractivity contribution >= 4 is 6.03 Å². The monoisotopic (exact) mass is 467 g/mol. The molecule has 2 aliphatic heterocycles. The van der Waals surface area contributed by atoms with Gasteiger partial charge in [0.2, 0.25) is 0 Å². The largest absolute Gasteiger partial charge is 0.487 e. The summed E-state index contributed by atoms with van der Waals surface area (Å²) in [7, 11) is 0. The van der Waals surface area contributed by atoms with Gasteiger partial charge in [0.15, 0.2) is 11.6 Å². The number of rotatable bonds is 3. The number of hydrogen-bond acceptors (Lipinski definition) is 4. The lowest BCUT2D eigenvalue weighted by Gasteiger charge is -2.53. The van der Waals surface area contributed by atoms with Crippen LogP contribution in [0.1, 0.15) is 49.4 Å². The van der Waals surface area contributed by atoms with E-state index in [1.807, 2.05) is 9.80 Å². The number of carbonyl (C=O) groups excluding carboxylic acids is 1. The van der Waals surface area contributed by atoms with Crippen LogP contribution in [0, 0.1) is 11.2 Å². The molecule has 0 radical (unpaired) electrons. The minimum absolute atomic E-state index is 0.0489. The average molecular weight is 467 g/mol. The van der Waals surface area contributed by atoms with Crippen molar-refractivity contribution in [2.45, 2.75) is 50.3 Å². The standard InChI is InChI=1S/C22H25F4N5O2/c23-17-9-15(22(24,25)26)1-2-18(17)33-16-3-6-21(7-4-16)11-31(12-21)20(32)30-8-5-14(10-30)19-27-13-28-29-19/h1-2,9,13-14,16H,3-8,10-12H2,(H,27,28,29)/t14-/m0/s1. The van der Waals surface area contributed by atoms with Crippen molar-refractivity contribution in [3.8, 4) is 5.75 Å². The van der Waals surface area contributed by atoms with Crippen molar-refractivity contribution in [1.82, 2.24) is 25.0 Å². The van der Waals surface area contributed by atoms with Gasteiger partial charge >= 0.3 is 12.2 Å². The summed E-state index contributed by atoms with van der Waals surface area (Å²) in [6.45, 7) is 2.71. The van der Waals surface area contributed by atoms with Gasteiger partial charge in [-0.1, -0.05) is 0 Å². The Hall–Kier alpha value is -2.85. The molecule has 3 fully saturated rings. The topological polar surface area (TPSA) is 74.4 Å². The zero-order valence-electron chi connectivity index (χ0n) is 17.9. The molecule has 1 aromatic carbocycles. The van der Waals surface area contributed by atoms with Crippen molar-refractivity contribution in [2.24, 2.45) is 5.41 Å². The second-order valence-corrected chi connectivity index (χ2v) is 9.40. The third-order valence-corrected chi connectivity index (χ3v) is 7.15. The molecule has 2 aromatic rings. The lowest BCUT2D eigenvalue weighted by Crippen LogP contribution is -2.62. The highest BCUT2D eigenvalue weighted by Crippen LogP contribution is 2.45. The Morgan fingerprint density at radius 2 is 1.91 bits per heavy atom. The first kappa shape index (κ1) is 22.0. The summed E-state index contributed by atoms with van der Waals surface area (Å²) in [6.07, 6.45) is 0.544. The van der Waals surface area contributed by atoms with Crippen LogP contribution in [0.25, 0.3) is 0 Å². The summed E-state index contributed by atoms with van der Waals surface area (Å²) in [4.78, 5) is 20.8. The van der Waals surface area contributed by atoms with Crippen LogP contribution in [0.5, 0.6) is 5.75 Å². The van der Waals surface area contributed by atoms with E-state index in [-0.39, 0.29) is 29.2 Å². The highest BCUT2D eigenvalue weighted by atomic mass is 19.4. The number of nitrogens with one attached hydrogen (secondary N) is 1. The number of aromatic amines is 1. The minimum atomic E-state index is -4.59. The maximum atomic E-state index is 14.1. The second kappa shape index (κ2) is 8.18. The third kappa shape index (κ3) is 4.37. The van der Waals surface area contributed by atoms with Gasteiger partial charge < -0.3 is 14.5 Å². The van der Waals surface area contributed by atoms with E-state index in [2.05, 4.69) is 15.2 Å². The van der Waals surface area contributed by atoms with E-state index in [1.54, 1.807) is 0 Å². The molecule has 33 heavy (non-hydrogen) atoms. The van der Waals surface area contributed by atoms with Crippen LogP contribution in [-0.2, 0) is 6.18 Å². The molecule has 1 N–H and O–H groups in total. The third-order valence-electron chi connectivity index (χ3n) is 7.15. The maximum Gasteiger partial charge on any atom is 0.416 e. The van der Waals surface area contributed by atoms with E-state index in [1.165, 1.54) is 6.33 Å². The number of H-pyrrole nitrogens is 1. The number of hydrogen-bond donors (Lipinski definition) is 1. The van der Waals surface area contributed by atoms with Gasteiger partial charge in [-0.3, -0.25) is 5.10 Å². The SMILES string of the molecule is O=C(N1CC[C@H](c2ncn[nH]2)C1)N1CC2(CCC(Oc3ccc(C(F)(F)F)cc3F)CC2)C1. The number of aromatic nitrogens is 3. The number of amides is 2. The zero-order chi connectivity index (χ0) is 23.2. The van der Waals surface area contributed by atoms with E-state index in [4.69, 9.17) is 4.74 Å². The molecule has 11 heteroatoms. The van der Waals surface area contributed by atoms with Crippen LogP contribution in [0.4, 0.5) is 22.4 Å². The van der Waals surface area contributed by atoms with E-state index < -0.39 is 17.6 Å². The van der Waals surface area contributed by atoms with Crippen molar-refractivity contribution in [2.75, 3.05) is 26.2 Å². The Bertz CT molecular complexity index is 997. The molecule has 2 amide bonds. The molecular formula is C22H25F4N5O2. The smallest absolute Gasteiger partial charge is 0.416 e. The molecule has 1 spiro atoms. The van der Waals surface area contributed by atoms with Gasteiger partial charge in [-0.15, -0.1) is 0 Å². The number of carbonyl (C=O) groups is 1. The molecule has 3 aliphatic rings. The predicted molar refractivity (Wildman–Crippen MR) is 109 cm³/mol. The molecule has 0 unspecified atom stereocenters. The normalized spacial score (nSPS) is 23.1. The van der Waals surface area contributed by atoms with Crippen LogP contribution < -0.4 is 4.74 Å². The first-order valence-corrected chi connectivity index (χ1v) is 11.1. The highest BCUT2D eigenvalue weighted by molar-refractivity contribution is 5.76. The lowest BCUT2D eigenvalue weighted by atomic mass is 9.68. The van der Waals surface area contributed by atoms with Crippen LogP contribution in [0.3, 0.4) is 0 Å². The molecule has 7 nitrogen and oxygen atoms in total. The van der Waals surface area contributed by atoms with Crippen molar-refractivity contribution < 1.29 is 27.1 Å². The highest BCUT2D eigenvalue weighted by Gasteiger charge is 2.48. The molecule has 3 heterocycles. The fourth-order valence-electron chi connectivity index (χ4n) is 5.26. The Kier molecular flexibility index (Phi) is 5.44. The molecule has 178 valence electrons. The van der Waals surface area contributed by atoms with E-state index in [0.29, 0.717) is 45.1 Å².